The average molecular weight is 608 g/mol. The molecule has 2 saturated carbocycles. The molecule has 0 spiro atoms. The van der Waals surface area contributed by atoms with Crippen molar-refractivity contribution in [2.45, 2.75) is 64.0 Å². The standard InChI is InChI=1S/C31H38Cl2F2N4O2/c1-31(11-3-4-12-31)28(26-23(34)9-8-22(32)27(26)33)37-30(41)19-5-7-21(17-19)36-29(40)20-6-10-25(24(35)18-20)39-15-13-38(2)14-16-39/h6,8-10,18-19,21,28H,3-5,7,11-17H2,1-2H3,(H,36,40)(H,37,41)/t19-,21+,28+/m0/s1. The van der Waals surface area contributed by atoms with Crippen LogP contribution < -0.4 is 15.5 Å². The Balaban J connectivity index is 1.23. The lowest BCUT2D eigenvalue weighted by Gasteiger charge is -2.36. The Morgan fingerprint density at radius 2 is 1.71 bits per heavy atom. The van der Waals surface area contributed by atoms with Gasteiger partial charge in [0, 0.05) is 49.3 Å². The van der Waals surface area contributed by atoms with Gasteiger partial charge in [0.25, 0.3) is 5.91 Å². The number of anilines is 1. The third kappa shape index (κ3) is 6.50. The minimum atomic E-state index is -0.612. The van der Waals surface area contributed by atoms with Crippen LogP contribution in [0.2, 0.25) is 10.0 Å². The highest BCUT2D eigenvalue weighted by Crippen LogP contribution is 2.50. The summed E-state index contributed by atoms with van der Waals surface area (Å²) in [6, 6.07) is 6.51. The molecule has 2 aromatic rings. The van der Waals surface area contributed by atoms with E-state index in [4.69, 9.17) is 23.2 Å². The Kier molecular flexibility index (Phi) is 9.12. The van der Waals surface area contributed by atoms with E-state index in [-0.39, 0.29) is 50.4 Å². The molecular weight excluding hydrogens is 569 g/mol. The lowest BCUT2D eigenvalue weighted by molar-refractivity contribution is -0.126. The van der Waals surface area contributed by atoms with Crippen molar-refractivity contribution in [2.24, 2.45) is 11.3 Å². The van der Waals surface area contributed by atoms with Crippen molar-refractivity contribution in [1.82, 2.24) is 15.5 Å². The second-order valence-corrected chi connectivity index (χ2v) is 13.0. The zero-order chi connectivity index (χ0) is 29.3. The van der Waals surface area contributed by atoms with E-state index in [2.05, 4.69) is 22.5 Å². The van der Waals surface area contributed by atoms with Crippen molar-refractivity contribution in [3.8, 4) is 0 Å². The maximum absolute atomic E-state index is 15.1. The third-order valence-corrected chi connectivity index (χ3v) is 10.1. The number of hydrogen-bond donors (Lipinski definition) is 2. The maximum atomic E-state index is 15.1. The summed E-state index contributed by atoms with van der Waals surface area (Å²) in [5.41, 5.74) is 0.654. The van der Waals surface area contributed by atoms with Gasteiger partial charge in [-0.1, -0.05) is 43.0 Å². The summed E-state index contributed by atoms with van der Waals surface area (Å²) in [5, 5.41) is 6.49. The number of amides is 2. The highest BCUT2D eigenvalue weighted by atomic mass is 35.5. The Morgan fingerprint density at radius 3 is 2.39 bits per heavy atom. The van der Waals surface area contributed by atoms with E-state index in [0.717, 1.165) is 51.9 Å². The zero-order valence-electron chi connectivity index (χ0n) is 23.6. The molecule has 0 aromatic heterocycles. The zero-order valence-corrected chi connectivity index (χ0v) is 25.1. The van der Waals surface area contributed by atoms with Crippen molar-refractivity contribution in [3.63, 3.8) is 0 Å². The van der Waals surface area contributed by atoms with Gasteiger partial charge in [0.05, 0.1) is 21.8 Å². The predicted molar refractivity (Wildman–Crippen MR) is 159 cm³/mol. The van der Waals surface area contributed by atoms with Crippen LogP contribution in [0.4, 0.5) is 14.5 Å². The minimum Gasteiger partial charge on any atom is -0.367 e. The number of nitrogens with one attached hydrogen (secondary N) is 2. The Hall–Kier alpha value is -2.42. The van der Waals surface area contributed by atoms with Crippen LogP contribution >= 0.6 is 23.2 Å². The smallest absolute Gasteiger partial charge is 0.251 e. The molecule has 41 heavy (non-hydrogen) atoms. The summed E-state index contributed by atoms with van der Waals surface area (Å²) >= 11 is 12.7. The largest absolute Gasteiger partial charge is 0.367 e. The van der Waals surface area contributed by atoms with E-state index in [1.807, 2.05) is 11.9 Å². The number of hydrogen-bond acceptors (Lipinski definition) is 4. The third-order valence-electron chi connectivity index (χ3n) is 9.29. The SMILES string of the molecule is CN1CCN(c2ccc(C(=O)N[C@@H]3CC[C@H](C(=O)N[C@H](c4c(F)ccc(Cl)c4Cl)C4(C)CCCC4)C3)cc2F)CC1. The fourth-order valence-corrected chi connectivity index (χ4v) is 7.13. The molecule has 2 amide bonds. The summed E-state index contributed by atoms with van der Waals surface area (Å²) < 4.78 is 30.0. The summed E-state index contributed by atoms with van der Waals surface area (Å²) in [6.07, 6.45) is 5.34. The van der Waals surface area contributed by atoms with E-state index < -0.39 is 17.7 Å². The highest BCUT2D eigenvalue weighted by Gasteiger charge is 2.43. The molecule has 1 saturated heterocycles. The first-order chi connectivity index (χ1) is 19.6. The van der Waals surface area contributed by atoms with Crippen LogP contribution in [0.1, 0.15) is 73.8 Å². The Labute approximate surface area is 250 Å². The van der Waals surface area contributed by atoms with Gasteiger partial charge in [-0.05, 0) is 74.9 Å². The first-order valence-electron chi connectivity index (χ1n) is 14.5. The van der Waals surface area contributed by atoms with Gasteiger partial charge in [0.15, 0.2) is 0 Å². The summed E-state index contributed by atoms with van der Waals surface area (Å²) in [5.74, 6) is -1.78. The van der Waals surface area contributed by atoms with Gasteiger partial charge in [-0.3, -0.25) is 9.59 Å². The number of carbonyl (C=O) groups excluding carboxylic acids is 2. The molecule has 2 aromatic carbocycles. The molecule has 1 heterocycles. The van der Waals surface area contributed by atoms with E-state index in [9.17, 15) is 14.0 Å². The average Bonchev–Trinajstić information content (AvgIpc) is 3.61. The number of carbonyl (C=O) groups is 2. The van der Waals surface area contributed by atoms with Gasteiger partial charge in [0.1, 0.15) is 11.6 Å². The van der Waals surface area contributed by atoms with Crippen LogP contribution in [0.15, 0.2) is 30.3 Å². The minimum absolute atomic E-state index is 0.132. The van der Waals surface area contributed by atoms with Crippen LogP contribution in [-0.4, -0.2) is 56.0 Å². The topological polar surface area (TPSA) is 64.7 Å². The van der Waals surface area contributed by atoms with Crippen molar-refractivity contribution in [3.05, 3.63) is 63.1 Å². The summed E-state index contributed by atoms with van der Waals surface area (Å²) in [6.45, 7) is 5.26. The lowest BCUT2D eigenvalue weighted by atomic mass is 9.76. The fourth-order valence-electron chi connectivity index (χ4n) is 6.71. The molecule has 0 bridgehead atoms. The van der Waals surface area contributed by atoms with Crippen molar-refractivity contribution >= 4 is 40.7 Å². The van der Waals surface area contributed by atoms with Crippen LogP contribution in [0.3, 0.4) is 0 Å². The molecule has 1 aliphatic heterocycles. The molecule has 6 nitrogen and oxygen atoms in total. The number of likely N-dealkylation sites (N-methyl/N-ethyl adjacent to an activating group) is 1. The quantitative estimate of drug-likeness (QED) is 0.360. The number of halogens is 4. The van der Waals surface area contributed by atoms with Crippen molar-refractivity contribution in [1.29, 1.82) is 0 Å². The normalized spacial score (nSPS) is 23.4. The van der Waals surface area contributed by atoms with Crippen LogP contribution in [0.25, 0.3) is 0 Å². The second-order valence-electron chi connectivity index (χ2n) is 12.2. The van der Waals surface area contributed by atoms with Gasteiger partial charge in [-0.2, -0.15) is 0 Å². The van der Waals surface area contributed by atoms with E-state index in [1.54, 1.807) is 12.1 Å². The fraction of sp³-hybridized carbons (Fsp3) is 0.548. The predicted octanol–water partition coefficient (Wildman–Crippen LogP) is 6.36. The molecule has 2 N–H and O–H groups in total. The molecule has 0 radical (unpaired) electrons. The molecule has 0 unspecified atom stereocenters. The number of rotatable bonds is 7. The highest BCUT2D eigenvalue weighted by molar-refractivity contribution is 6.42. The maximum Gasteiger partial charge on any atom is 0.251 e. The number of nitrogens with zero attached hydrogens (tertiary/aromatic N) is 2. The van der Waals surface area contributed by atoms with E-state index in [0.29, 0.717) is 24.9 Å². The second kappa shape index (κ2) is 12.4. The summed E-state index contributed by atoms with van der Waals surface area (Å²) in [7, 11) is 2.04. The van der Waals surface area contributed by atoms with Crippen LogP contribution in [0.5, 0.6) is 0 Å². The van der Waals surface area contributed by atoms with Gasteiger partial charge < -0.3 is 20.4 Å². The lowest BCUT2D eigenvalue weighted by Crippen LogP contribution is -2.44. The molecule has 222 valence electrons. The molecule has 5 rings (SSSR count). The molecule has 2 aliphatic carbocycles. The monoisotopic (exact) mass is 606 g/mol. The molecular formula is C31H38Cl2F2N4O2. The first-order valence-corrected chi connectivity index (χ1v) is 15.3. The van der Waals surface area contributed by atoms with Gasteiger partial charge >= 0.3 is 0 Å². The number of benzene rings is 2. The number of piperazine rings is 1. The van der Waals surface area contributed by atoms with Crippen LogP contribution in [0, 0.1) is 23.0 Å². The van der Waals surface area contributed by atoms with E-state index in [1.165, 1.54) is 18.2 Å². The van der Waals surface area contributed by atoms with Gasteiger partial charge in [0.2, 0.25) is 5.91 Å². The van der Waals surface area contributed by atoms with Crippen LogP contribution in [-0.2, 0) is 4.79 Å². The van der Waals surface area contributed by atoms with Crippen molar-refractivity contribution in [2.75, 3.05) is 38.1 Å². The Bertz CT molecular complexity index is 1300. The molecule has 3 atom stereocenters. The molecule has 3 aliphatic rings. The molecule has 10 heteroatoms. The molecule has 3 fully saturated rings. The van der Waals surface area contributed by atoms with Gasteiger partial charge in [-0.25, -0.2) is 8.78 Å². The Morgan fingerprint density at radius 1 is 1.00 bits per heavy atom. The first kappa shape index (κ1) is 30.1. The summed E-state index contributed by atoms with van der Waals surface area (Å²) in [4.78, 5) is 30.7. The van der Waals surface area contributed by atoms with E-state index >= 15 is 4.39 Å². The van der Waals surface area contributed by atoms with Gasteiger partial charge in [-0.15, -0.1) is 0 Å². The van der Waals surface area contributed by atoms with Crippen molar-refractivity contribution < 1.29 is 18.4 Å².